The van der Waals surface area contributed by atoms with E-state index in [1.165, 1.54) is 22.5 Å². The summed E-state index contributed by atoms with van der Waals surface area (Å²) >= 11 is 1.34. The molecule has 7 nitrogen and oxygen atoms in total. The number of hydrogen-bond acceptors (Lipinski definition) is 6. The predicted octanol–water partition coefficient (Wildman–Crippen LogP) is 4.17. The molecule has 1 aromatic heterocycles. The summed E-state index contributed by atoms with van der Waals surface area (Å²) in [6.45, 7) is 11.2. The maximum atomic E-state index is 12.0. The van der Waals surface area contributed by atoms with Gasteiger partial charge in [0.25, 0.3) is 0 Å². The van der Waals surface area contributed by atoms with Crippen LogP contribution in [0.4, 0.5) is 0 Å². The Hall–Kier alpha value is -1.88. The highest BCUT2D eigenvalue weighted by atomic mass is 127. The van der Waals surface area contributed by atoms with Gasteiger partial charge in [0.15, 0.2) is 5.96 Å². The van der Waals surface area contributed by atoms with Crippen LogP contribution in [0.15, 0.2) is 23.2 Å². The van der Waals surface area contributed by atoms with Crippen molar-refractivity contribution in [1.29, 1.82) is 0 Å². The number of aromatic nitrogens is 1. The van der Waals surface area contributed by atoms with Gasteiger partial charge in [0.2, 0.25) is 0 Å². The molecule has 0 fully saturated rings. The number of aliphatic imine (C=N–C) groups is 1. The van der Waals surface area contributed by atoms with Gasteiger partial charge in [0, 0.05) is 7.05 Å². The summed E-state index contributed by atoms with van der Waals surface area (Å²) in [5.74, 6) is 1.18. The van der Waals surface area contributed by atoms with Crippen molar-refractivity contribution < 1.29 is 14.3 Å². The van der Waals surface area contributed by atoms with Crippen LogP contribution in [0.2, 0.25) is 0 Å². The lowest BCUT2D eigenvalue weighted by Gasteiger charge is -2.16. The number of thiazole rings is 1. The van der Waals surface area contributed by atoms with Crippen LogP contribution < -0.4 is 15.4 Å². The minimum atomic E-state index is -0.327. The second-order valence-electron chi connectivity index (χ2n) is 6.72. The lowest BCUT2D eigenvalue weighted by molar-refractivity contribution is 0.0531. The molecule has 2 rings (SSSR count). The van der Waals surface area contributed by atoms with Gasteiger partial charge in [-0.3, -0.25) is 4.99 Å². The van der Waals surface area contributed by atoms with Crippen LogP contribution in [0.25, 0.3) is 0 Å². The number of esters is 1. The average Bonchev–Trinajstić information content (AvgIpc) is 3.05. The number of rotatable bonds is 8. The minimum absolute atomic E-state index is 0. The van der Waals surface area contributed by atoms with Gasteiger partial charge in [-0.15, -0.1) is 35.3 Å². The van der Waals surface area contributed by atoms with Crippen molar-refractivity contribution in [2.75, 3.05) is 26.8 Å². The third-order valence-corrected chi connectivity index (χ3v) is 5.40. The Labute approximate surface area is 199 Å². The highest BCUT2D eigenvalue weighted by Crippen LogP contribution is 2.24. The van der Waals surface area contributed by atoms with E-state index >= 15 is 0 Å². The van der Waals surface area contributed by atoms with Crippen LogP contribution in [0.1, 0.15) is 51.4 Å². The number of halogens is 1. The second kappa shape index (κ2) is 12.7. The van der Waals surface area contributed by atoms with Crippen molar-refractivity contribution >= 4 is 47.2 Å². The Morgan fingerprint density at radius 1 is 1.23 bits per heavy atom. The number of carbonyl (C=O) groups excluding carboxylic acids is 1. The van der Waals surface area contributed by atoms with E-state index in [4.69, 9.17) is 9.47 Å². The standard InChI is InChI=1S/C21H30N4O3S.HI/c1-7-27-20(26)18-15(4)24-19(29-18)16(5)25-21(22-6)23-8-9-28-17-11-13(2)10-14(3)12-17;/h10-12,16H,7-9H2,1-6H3,(H2,22,23,25);1H. The van der Waals surface area contributed by atoms with E-state index in [9.17, 15) is 4.79 Å². The van der Waals surface area contributed by atoms with Crippen LogP contribution in [-0.4, -0.2) is 43.7 Å². The van der Waals surface area contributed by atoms with E-state index in [1.807, 2.05) is 26.0 Å². The Morgan fingerprint density at radius 3 is 2.50 bits per heavy atom. The van der Waals surface area contributed by atoms with Gasteiger partial charge in [0.1, 0.15) is 22.2 Å². The summed E-state index contributed by atoms with van der Waals surface area (Å²) in [6, 6.07) is 6.06. The summed E-state index contributed by atoms with van der Waals surface area (Å²) in [5.41, 5.74) is 3.04. The molecule has 0 spiro atoms. The van der Waals surface area contributed by atoms with Crippen LogP contribution in [-0.2, 0) is 4.74 Å². The van der Waals surface area contributed by atoms with Crippen LogP contribution in [0.5, 0.6) is 5.75 Å². The average molecular weight is 546 g/mol. The number of benzene rings is 1. The number of hydrogen-bond donors (Lipinski definition) is 2. The van der Waals surface area contributed by atoms with Gasteiger partial charge in [-0.1, -0.05) is 6.07 Å². The molecular formula is C21H31IN4O3S. The van der Waals surface area contributed by atoms with E-state index in [2.05, 4.69) is 40.5 Å². The minimum Gasteiger partial charge on any atom is -0.492 e. The molecule has 0 aliphatic heterocycles. The molecule has 1 atom stereocenters. The molecule has 1 unspecified atom stereocenters. The third kappa shape index (κ3) is 7.75. The van der Waals surface area contributed by atoms with Crippen molar-refractivity contribution in [2.24, 2.45) is 4.99 Å². The molecule has 0 amide bonds. The Morgan fingerprint density at radius 2 is 1.90 bits per heavy atom. The van der Waals surface area contributed by atoms with Crippen molar-refractivity contribution in [1.82, 2.24) is 15.6 Å². The molecular weight excluding hydrogens is 515 g/mol. The zero-order chi connectivity index (χ0) is 21.4. The zero-order valence-corrected chi connectivity index (χ0v) is 21.5. The van der Waals surface area contributed by atoms with Crippen molar-refractivity contribution in [3.05, 3.63) is 44.9 Å². The van der Waals surface area contributed by atoms with Gasteiger partial charge in [0.05, 0.1) is 24.9 Å². The number of carbonyl (C=O) groups is 1. The predicted molar refractivity (Wildman–Crippen MR) is 133 cm³/mol. The number of ether oxygens (including phenoxy) is 2. The number of guanidine groups is 1. The van der Waals surface area contributed by atoms with E-state index in [0.717, 1.165) is 10.8 Å². The first-order chi connectivity index (χ1) is 13.8. The SMILES string of the molecule is CCOC(=O)c1sc(C(C)NC(=NC)NCCOc2cc(C)cc(C)c2)nc1C.I. The molecule has 166 valence electrons. The lowest BCUT2D eigenvalue weighted by atomic mass is 10.1. The molecule has 30 heavy (non-hydrogen) atoms. The maximum Gasteiger partial charge on any atom is 0.350 e. The second-order valence-corrected chi connectivity index (χ2v) is 7.75. The monoisotopic (exact) mass is 546 g/mol. The summed E-state index contributed by atoms with van der Waals surface area (Å²) in [6.07, 6.45) is 0. The molecule has 2 N–H and O–H groups in total. The molecule has 1 heterocycles. The van der Waals surface area contributed by atoms with Crippen LogP contribution >= 0.6 is 35.3 Å². The van der Waals surface area contributed by atoms with Crippen LogP contribution in [0, 0.1) is 20.8 Å². The van der Waals surface area contributed by atoms with Crippen molar-refractivity contribution in [2.45, 2.75) is 40.7 Å². The lowest BCUT2D eigenvalue weighted by Crippen LogP contribution is -2.40. The fraction of sp³-hybridized carbons (Fsp3) is 0.476. The van der Waals surface area contributed by atoms with Gasteiger partial charge in [-0.2, -0.15) is 0 Å². The summed E-state index contributed by atoms with van der Waals surface area (Å²) in [4.78, 5) is 21.3. The number of nitrogens with zero attached hydrogens (tertiary/aromatic N) is 2. The largest absolute Gasteiger partial charge is 0.492 e. The topological polar surface area (TPSA) is 84.8 Å². The Bertz CT molecular complexity index is 850. The summed E-state index contributed by atoms with van der Waals surface area (Å²) in [5, 5.41) is 7.33. The molecule has 0 aliphatic carbocycles. The third-order valence-electron chi connectivity index (χ3n) is 4.08. The fourth-order valence-electron chi connectivity index (χ4n) is 2.80. The normalized spacial score (nSPS) is 12.0. The fourth-order valence-corrected chi connectivity index (χ4v) is 3.77. The van der Waals surface area contributed by atoms with Gasteiger partial charge in [-0.05, 0) is 57.9 Å². The molecule has 0 radical (unpaired) electrons. The van der Waals surface area contributed by atoms with Gasteiger partial charge in [-0.25, -0.2) is 9.78 Å². The van der Waals surface area contributed by atoms with E-state index in [-0.39, 0.29) is 36.0 Å². The highest BCUT2D eigenvalue weighted by molar-refractivity contribution is 14.0. The van der Waals surface area contributed by atoms with E-state index < -0.39 is 0 Å². The van der Waals surface area contributed by atoms with Gasteiger partial charge >= 0.3 is 5.97 Å². The molecule has 1 aromatic carbocycles. The molecule has 0 saturated heterocycles. The molecule has 0 saturated carbocycles. The highest BCUT2D eigenvalue weighted by Gasteiger charge is 2.20. The summed E-state index contributed by atoms with van der Waals surface area (Å²) < 4.78 is 10.9. The number of nitrogens with one attached hydrogen (secondary N) is 2. The van der Waals surface area contributed by atoms with Gasteiger partial charge < -0.3 is 20.1 Å². The molecule has 2 aromatic rings. The first-order valence-corrected chi connectivity index (χ1v) is 10.5. The molecule has 9 heteroatoms. The van der Waals surface area contributed by atoms with E-state index in [0.29, 0.717) is 36.3 Å². The maximum absolute atomic E-state index is 12.0. The molecule has 0 bridgehead atoms. The molecule has 0 aliphatic rings. The van der Waals surface area contributed by atoms with Crippen LogP contribution in [0.3, 0.4) is 0 Å². The number of aryl methyl sites for hydroxylation is 3. The Kier molecular flexibility index (Phi) is 11.1. The quantitative estimate of drug-likeness (QED) is 0.170. The smallest absolute Gasteiger partial charge is 0.350 e. The first kappa shape index (κ1) is 26.2. The summed E-state index contributed by atoms with van der Waals surface area (Å²) in [7, 11) is 1.71. The van der Waals surface area contributed by atoms with E-state index in [1.54, 1.807) is 14.0 Å². The zero-order valence-electron chi connectivity index (χ0n) is 18.4. The first-order valence-electron chi connectivity index (χ1n) is 9.66. The Balaban J connectivity index is 0.00000450. The van der Waals surface area contributed by atoms with Crippen molar-refractivity contribution in [3.8, 4) is 5.75 Å². The van der Waals surface area contributed by atoms with Crippen molar-refractivity contribution in [3.63, 3.8) is 0 Å².